The number of hydrogen-bond acceptors (Lipinski definition) is 4. The van der Waals surface area contributed by atoms with Crippen molar-refractivity contribution in [2.45, 2.75) is 19.4 Å². The van der Waals surface area contributed by atoms with Crippen LogP contribution in [0.4, 0.5) is 11.4 Å². The van der Waals surface area contributed by atoms with Gasteiger partial charge in [-0.15, -0.1) is 0 Å². The molecule has 0 radical (unpaired) electrons. The summed E-state index contributed by atoms with van der Waals surface area (Å²) in [5.41, 5.74) is 4.12. The topological polar surface area (TPSA) is 94.1 Å². The van der Waals surface area contributed by atoms with E-state index in [1.165, 1.54) is 6.21 Å². The number of hydrogen-bond donors (Lipinski definition) is 4. The van der Waals surface area contributed by atoms with Crippen molar-refractivity contribution in [2.24, 2.45) is 0 Å². The molecule has 4 N–H and O–H groups in total. The summed E-state index contributed by atoms with van der Waals surface area (Å²) in [6, 6.07) is 21.4. The van der Waals surface area contributed by atoms with Gasteiger partial charge in [0.25, 0.3) is 5.91 Å². The first-order chi connectivity index (χ1) is 15.0. The Morgan fingerprint density at radius 3 is 2.29 bits per heavy atom. The summed E-state index contributed by atoms with van der Waals surface area (Å²) in [7, 11) is 1.76. The van der Waals surface area contributed by atoms with Gasteiger partial charge in [0.15, 0.2) is 0 Å². The molecule has 0 bridgehead atoms. The fourth-order valence-corrected chi connectivity index (χ4v) is 3.39. The molecule has 31 heavy (non-hydrogen) atoms. The fraction of sp³-hybridized carbons (Fsp3) is 0.160. The van der Waals surface area contributed by atoms with Crippen LogP contribution in [0.25, 0.3) is 0 Å². The van der Waals surface area contributed by atoms with E-state index in [9.17, 15) is 9.59 Å². The molecule has 0 heterocycles. The lowest BCUT2D eigenvalue weighted by molar-refractivity contribution is -0.118. The van der Waals surface area contributed by atoms with Crippen LogP contribution >= 0.6 is 0 Å². The molecule has 0 spiro atoms. The number of aryl methyl sites for hydroxylation is 1. The van der Waals surface area contributed by atoms with Gasteiger partial charge >= 0.3 is 0 Å². The second-order valence-corrected chi connectivity index (χ2v) is 7.18. The third-order valence-electron chi connectivity index (χ3n) is 5.07. The summed E-state index contributed by atoms with van der Waals surface area (Å²) >= 11 is 0. The van der Waals surface area contributed by atoms with E-state index in [2.05, 4.69) is 16.0 Å². The smallest absolute Gasteiger partial charge is 0.252 e. The zero-order valence-corrected chi connectivity index (χ0v) is 17.6. The van der Waals surface area contributed by atoms with Crippen molar-refractivity contribution in [3.05, 3.63) is 95.1 Å². The van der Waals surface area contributed by atoms with Gasteiger partial charge in [0.05, 0.1) is 5.69 Å². The van der Waals surface area contributed by atoms with Crippen molar-refractivity contribution in [1.29, 1.82) is 5.41 Å². The van der Waals surface area contributed by atoms with E-state index in [0.29, 0.717) is 23.2 Å². The number of carbonyl (C=O) groups excluding carboxylic acids is 2. The fourth-order valence-electron chi connectivity index (χ4n) is 3.39. The highest BCUT2D eigenvalue weighted by molar-refractivity contribution is 6.05. The Balaban J connectivity index is 1.87. The molecule has 3 aromatic rings. The van der Waals surface area contributed by atoms with E-state index in [4.69, 9.17) is 5.41 Å². The zero-order valence-electron chi connectivity index (χ0n) is 17.6. The third-order valence-corrected chi connectivity index (χ3v) is 5.07. The monoisotopic (exact) mass is 414 g/mol. The van der Waals surface area contributed by atoms with Crippen molar-refractivity contribution in [1.82, 2.24) is 5.32 Å². The van der Waals surface area contributed by atoms with E-state index in [1.807, 2.05) is 55.5 Å². The van der Waals surface area contributed by atoms with Crippen LogP contribution < -0.4 is 16.0 Å². The molecule has 1 unspecified atom stereocenters. The SMILES string of the molecule is CNc1cccc(NC(=O)C(Cc2ccccc2)NC(=O)c2ccccc2C)c1C=N. The lowest BCUT2D eigenvalue weighted by Crippen LogP contribution is -2.45. The molecule has 0 fully saturated rings. The van der Waals surface area contributed by atoms with E-state index in [-0.39, 0.29) is 11.8 Å². The maximum Gasteiger partial charge on any atom is 0.252 e. The summed E-state index contributed by atoms with van der Waals surface area (Å²) in [6.07, 6.45) is 1.54. The summed E-state index contributed by atoms with van der Waals surface area (Å²) in [6.45, 7) is 1.86. The highest BCUT2D eigenvalue weighted by Gasteiger charge is 2.23. The highest BCUT2D eigenvalue weighted by atomic mass is 16.2. The van der Waals surface area contributed by atoms with Crippen molar-refractivity contribution >= 4 is 29.4 Å². The van der Waals surface area contributed by atoms with Crippen LogP contribution in [-0.4, -0.2) is 31.1 Å². The van der Waals surface area contributed by atoms with Gasteiger partial charge in [0.2, 0.25) is 5.91 Å². The molecule has 1 atom stereocenters. The summed E-state index contributed by atoms with van der Waals surface area (Å²) in [5.74, 6) is -0.646. The first-order valence-corrected chi connectivity index (χ1v) is 10.1. The number of anilines is 2. The Morgan fingerprint density at radius 2 is 1.61 bits per heavy atom. The molecule has 0 aliphatic carbocycles. The predicted molar refractivity (Wildman–Crippen MR) is 125 cm³/mol. The Labute approximate surface area is 182 Å². The minimum atomic E-state index is -0.786. The lowest BCUT2D eigenvalue weighted by atomic mass is 10.0. The Bertz CT molecular complexity index is 1080. The Morgan fingerprint density at radius 1 is 0.935 bits per heavy atom. The Hall–Kier alpha value is -3.93. The summed E-state index contributed by atoms with van der Waals surface area (Å²) < 4.78 is 0. The number of amides is 2. The standard InChI is InChI=1S/C25H26N4O2/c1-17-9-6-7-12-19(17)24(30)29-23(15-18-10-4-3-5-11-18)25(31)28-22-14-8-13-21(27-2)20(22)16-26/h3-14,16,23,26-27H,15H2,1-2H3,(H,28,31)(H,29,30). The lowest BCUT2D eigenvalue weighted by Gasteiger charge is -2.20. The van der Waals surface area contributed by atoms with Crippen LogP contribution in [0, 0.1) is 12.3 Å². The first-order valence-electron chi connectivity index (χ1n) is 10.1. The van der Waals surface area contributed by atoms with Crippen LogP contribution in [0.1, 0.15) is 27.0 Å². The van der Waals surface area contributed by atoms with E-state index >= 15 is 0 Å². The molecular formula is C25H26N4O2. The Kier molecular flexibility index (Phi) is 7.17. The average molecular weight is 415 g/mol. The molecule has 0 saturated carbocycles. The van der Waals surface area contributed by atoms with Crippen LogP contribution in [0.15, 0.2) is 72.8 Å². The van der Waals surface area contributed by atoms with Gasteiger partial charge in [-0.2, -0.15) is 0 Å². The number of benzene rings is 3. The van der Waals surface area contributed by atoms with Crippen molar-refractivity contribution in [3.63, 3.8) is 0 Å². The molecular weight excluding hydrogens is 388 g/mol. The molecule has 0 aromatic heterocycles. The normalized spacial score (nSPS) is 11.3. The molecule has 0 saturated heterocycles. The van der Waals surface area contributed by atoms with Crippen LogP contribution in [-0.2, 0) is 11.2 Å². The van der Waals surface area contributed by atoms with Gasteiger partial charge in [-0.1, -0.05) is 54.6 Å². The maximum atomic E-state index is 13.2. The van der Waals surface area contributed by atoms with Gasteiger partial charge in [-0.05, 0) is 36.2 Å². The largest absolute Gasteiger partial charge is 0.388 e. The van der Waals surface area contributed by atoms with Crippen LogP contribution in [0.5, 0.6) is 0 Å². The molecule has 6 heteroatoms. The quantitative estimate of drug-likeness (QED) is 0.420. The van der Waals surface area contributed by atoms with E-state index in [0.717, 1.165) is 16.8 Å². The van der Waals surface area contributed by atoms with E-state index < -0.39 is 6.04 Å². The summed E-state index contributed by atoms with van der Waals surface area (Å²) in [5, 5.41) is 16.5. The molecule has 0 aliphatic heterocycles. The van der Waals surface area contributed by atoms with Crippen LogP contribution in [0.2, 0.25) is 0 Å². The minimum Gasteiger partial charge on any atom is -0.388 e. The second kappa shape index (κ2) is 10.2. The highest BCUT2D eigenvalue weighted by Crippen LogP contribution is 2.22. The van der Waals surface area contributed by atoms with Crippen molar-refractivity contribution in [3.8, 4) is 0 Å². The molecule has 3 aromatic carbocycles. The number of nitrogens with one attached hydrogen (secondary N) is 4. The molecule has 158 valence electrons. The van der Waals surface area contributed by atoms with Gasteiger partial charge in [-0.25, -0.2) is 0 Å². The van der Waals surface area contributed by atoms with Gasteiger partial charge < -0.3 is 21.4 Å². The molecule has 0 aliphatic rings. The second-order valence-electron chi connectivity index (χ2n) is 7.18. The predicted octanol–water partition coefficient (Wildman–Crippen LogP) is 4.01. The van der Waals surface area contributed by atoms with Crippen molar-refractivity contribution < 1.29 is 9.59 Å². The van der Waals surface area contributed by atoms with Gasteiger partial charge in [0.1, 0.15) is 6.04 Å². The summed E-state index contributed by atoms with van der Waals surface area (Å²) in [4.78, 5) is 26.1. The molecule has 2 amide bonds. The van der Waals surface area contributed by atoms with Crippen LogP contribution in [0.3, 0.4) is 0 Å². The maximum absolute atomic E-state index is 13.2. The third kappa shape index (κ3) is 5.36. The minimum absolute atomic E-state index is 0.301. The van der Waals surface area contributed by atoms with Crippen molar-refractivity contribution in [2.75, 3.05) is 17.7 Å². The molecule has 6 nitrogen and oxygen atoms in total. The molecule has 3 rings (SSSR count). The number of rotatable bonds is 8. The number of carbonyl (C=O) groups is 2. The average Bonchev–Trinajstić information content (AvgIpc) is 2.79. The van der Waals surface area contributed by atoms with Gasteiger partial charge in [-0.3, -0.25) is 9.59 Å². The van der Waals surface area contributed by atoms with Gasteiger partial charge in [0, 0.05) is 36.5 Å². The van der Waals surface area contributed by atoms with E-state index in [1.54, 1.807) is 31.3 Å². The zero-order chi connectivity index (χ0) is 22.2. The first kappa shape index (κ1) is 21.8.